The fourth-order valence-electron chi connectivity index (χ4n) is 1.22. The molecule has 1 aromatic rings. The number of carboxylic acids is 1. The van der Waals surface area contributed by atoms with Crippen LogP contribution < -0.4 is 4.72 Å². The Labute approximate surface area is 122 Å². The third-order valence-electron chi connectivity index (χ3n) is 2.33. The van der Waals surface area contributed by atoms with E-state index in [1.807, 2.05) is 0 Å². The maximum atomic E-state index is 12.1. The number of hydrogen-bond acceptors (Lipinski definition) is 4. The molecule has 21 heavy (non-hydrogen) atoms. The lowest BCUT2D eigenvalue weighted by Gasteiger charge is -2.15. The van der Waals surface area contributed by atoms with Gasteiger partial charge in [0.25, 0.3) is 0 Å². The number of rotatable bonds is 5. The monoisotopic (exact) mass is 347 g/mol. The second kappa shape index (κ2) is 6.18. The van der Waals surface area contributed by atoms with Gasteiger partial charge in [-0.05, 0) is 18.2 Å². The topological polar surface area (TPSA) is 104 Å². The van der Waals surface area contributed by atoms with E-state index in [1.54, 1.807) is 4.72 Å². The number of hydrogen-bond donors (Lipinski definition) is 3. The largest absolute Gasteiger partial charge is 0.478 e. The number of aromatic carboxylic acids is 1. The van der Waals surface area contributed by atoms with Gasteiger partial charge in [-0.2, -0.15) is 13.2 Å². The molecule has 0 saturated heterocycles. The van der Waals surface area contributed by atoms with E-state index < -0.39 is 39.7 Å². The Morgan fingerprint density at radius 1 is 1.38 bits per heavy atom. The van der Waals surface area contributed by atoms with Crippen molar-refractivity contribution in [3.8, 4) is 0 Å². The zero-order chi connectivity index (χ0) is 16.4. The standard InChI is InChI=1S/C10H9ClF3NO5S/c11-7-3-5(1-2-6(7)9(17)18)21(19,20)15-4-8(16)10(12,13)14/h1-3,8,15-16H,4H2,(H,17,18). The molecule has 1 aromatic carbocycles. The molecular formula is C10H9ClF3NO5S. The minimum atomic E-state index is -4.96. The molecule has 0 amide bonds. The van der Waals surface area contributed by atoms with Crippen molar-refractivity contribution in [2.75, 3.05) is 6.54 Å². The molecule has 0 fully saturated rings. The molecular weight excluding hydrogens is 339 g/mol. The molecule has 1 rings (SSSR count). The Kier molecular flexibility index (Phi) is 5.20. The summed E-state index contributed by atoms with van der Waals surface area (Å²) in [4.78, 5) is 10.2. The van der Waals surface area contributed by atoms with Crippen molar-refractivity contribution < 1.29 is 36.6 Å². The van der Waals surface area contributed by atoms with Gasteiger partial charge in [0.2, 0.25) is 10.0 Å². The summed E-state index contributed by atoms with van der Waals surface area (Å²) in [5, 5.41) is 17.0. The lowest BCUT2D eigenvalue weighted by molar-refractivity contribution is -0.200. The summed E-state index contributed by atoms with van der Waals surface area (Å²) in [5.74, 6) is -1.38. The third-order valence-corrected chi connectivity index (χ3v) is 4.06. The van der Waals surface area contributed by atoms with Gasteiger partial charge in [0.1, 0.15) is 0 Å². The number of carbonyl (C=O) groups is 1. The first-order valence-electron chi connectivity index (χ1n) is 5.22. The van der Waals surface area contributed by atoms with Gasteiger partial charge in [0.05, 0.1) is 15.5 Å². The second-order valence-corrected chi connectivity index (χ2v) is 6.03. The Hall–Kier alpha value is -1.36. The second-order valence-electron chi connectivity index (χ2n) is 3.86. The Balaban J connectivity index is 2.94. The number of aliphatic hydroxyl groups is 1. The molecule has 0 aliphatic heterocycles. The molecule has 11 heteroatoms. The fraction of sp³-hybridized carbons (Fsp3) is 0.300. The van der Waals surface area contributed by atoms with Crippen molar-refractivity contribution in [2.24, 2.45) is 0 Å². The lowest BCUT2D eigenvalue weighted by Crippen LogP contribution is -2.40. The fourth-order valence-corrected chi connectivity index (χ4v) is 2.61. The van der Waals surface area contributed by atoms with Crippen LogP contribution in [0.25, 0.3) is 0 Å². The molecule has 6 nitrogen and oxygen atoms in total. The molecule has 0 spiro atoms. The smallest absolute Gasteiger partial charge is 0.415 e. The molecule has 0 saturated carbocycles. The van der Waals surface area contributed by atoms with Gasteiger partial charge >= 0.3 is 12.1 Å². The van der Waals surface area contributed by atoms with Crippen molar-refractivity contribution in [2.45, 2.75) is 17.2 Å². The Morgan fingerprint density at radius 3 is 2.38 bits per heavy atom. The van der Waals surface area contributed by atoms with Crippen molar-refractivity contribution in [1.29, 1.82) is 0 Å². The molecule has 1 atom stereocenters. The summed E-state index contributed by atoms with van der Waals surface area (Å²) >= 11 is 5.56. The van der Waals surface area contributed by atoms with Gasteiger partial charge in [-0.25, -0.2) is 17.9 Å². The number of carboxylic acid groups (broad SMARTS) is 1. The van der Waals surface area contributed by atoms with Crippen LogP contribution >= 0.6 is 11.6 Å². The molecule has 118 valence electrons. The summed E-state index contributed by atoms with van der Waals surface area (Å²) in [5.41, 5.74) is -0.356. The van der Waals surface area contributed by atoms with Crippen LogP contribution in [0.5, 0.6) is 0 Å². The summed E-state index contributed by atoms with van der Waals surface area (Å²) < 4.78 is 61.1. The van der Waals surface area contributed by atoms with E-state index >= 15 is 0 Å². The summed E-state index contributed by atoms with van der Waals surface area (Å²) in [6.07, 6.45) is -7.83. The average Bonchev–Trinajstić information content (AvgIpc) is 2.34. The van der Waals surface area contributed by atoms with Crippen LogP contribution in [0.2, 0.25) is 5.02 Å². The van der Waals surface area contributed by atoms with Crippen LogP contribution in [-0.4, -0.2) is 43.4 Å². The normalized spacial score (nSPS) is 14.0. The van der Waals surface area contributed by atoms with Crippen molar-refractivity contribution in [1.82, 2.24) is 4.72 Å². The van der Waals surface area contributed by atoms with E-state index in [2.05, 4.69) is 0 Å². The van der Waals surface area contributed by atoms with Gasteiger partial charge in [0.15, 0.2) is 6.10 Å². The number of halogens is 4. The van der Waals surface area contributed by atoms with Crippen LogP contribution in [0.1, 0.15) is 10.4 Å². The van der Waals surface area contributed by atoms with Crippen molar-refractivity contribution >= 4 is 27.6 Å². The van der Waals surface area contributed by atoms with Crippen LogP contribution in [0.4, 0.5) is 13.2 Å². The first-order valence-corrected chi connectivity index (χ1v) is 7.08. The zero-order valence-electron chi connectivity index (χ0n) is 10.1. The quantitative estimate of drug-likeness (QED) is 0.743. The number of alkyl halides is 3. The highest BCUT2D eigenvalue weighted by Gasteiger charge is 2.38. The maximum absolute atomic E-state index is 12.1. The molecule has 0 aliphatic rings. The van der Waals surface area contributed by atoms with E-state index in [0.717, 1.165) is 18.2 Å². The van der Waals surface area contributed by atoms with Crippen molar-refractivity contribution in [3.63, 3.8) is 0 Å². The van der Waals surface area contributed by atoms with Crippen LogP contribution in [0.3, 0.4) is 0 Å². The van der Waals surface area contributed by atoms with E-state index in [4.69, 9.17) is 21.8 Å². The lowest BCUT2D eigenvalue weighted by atomic mass is 10.2. The highest BCUT2D eigenvalue weighted by Crippen LogP contribution is 2.22. The number of aliphatic hydroxyl groups excluding tert-OH is 1. The Morgan fingerprint density at radius 2 is 1.95 bits per heavy atom. The van der Waals surface area contributed by atoms with Crippen molar-refractivity contribution in [3.05, 3.63) is 28.8 Å². The average molecular weight is 348 g/mol. The highest BCUT2D eigenvalue weighted by atomic mass is 35.5. The number of benzene rings is 1. The van der Waals surface area contributed by atoms with Gasteiger partial charge in [0, 0.05) is 6.54 Å². The summed E-state index contributed by atoms with van der Waals surface area (Å²) in [6.45, 7) is -1.27. The maximum Gasteiger partial charge on any atom is 0.415 e. The predicted molar refractivity (Wildman–Crippen MR) is 65.7 cm³/mol. The van der Waals surface area contributed by atoms with Gasteiger partial charge in [-0.3, -0.25) is 0 Å². The van der Waals surface area contributed by atoms with Gasteiger partial charge < -0.3 is 10.2 Å². The van der Waals surface area contributed by atoms with E-state index in [-0.39, 0.29) is 10.6 Å². The van der Waals surface area contributed by atoms with Crippen LogP contribution in [0, 0.1) is 0 Å². The van der Waals surface area contributed by atoms with E-state index in [9.17, 15) is 26.4 Å². The zero-order valence-corrected chi connectivity index (χ0v) is 11.6. The molecule has 0 aromatic heterocycles. The Bertz CT molecular complexity index is 647. The number of sulfonamides is 1. The van der Waals surface area contributed by atoms with Gasteiger partial charge in [-0.15, -0.1) is 0 Å². The minimum Gasteiger partial charge on any atom is -0.478 e. The van der Waals surface area contributed by atoms with Gasteiger partial charge in [-0.1, -0.05) is 11.6 Å². The van der Waals surface area contributed by atoms with Crippen LogP contribution in [0.15, 0.2) is 23.1 Å². The molecule has 0 heterocycles. The summed E-state index contributed by atoms with van der Waals surface area (Å²) in [7, 11) is -4.37. The number of nitrogens with one attached hydrogen (secondary N) is 1. The van der Waals surface area contributed by atoms with E-state index in [0.29, 0.717) is 0 Å². The minimum absolute atomic E-state index is 0.356. The highest BCUT2D eigenvalue weighted by molar-refractivity contribution is 7.89. The first kappa shape index (κ1) is 17.7. The molecule has 0 radical (unpaired) electrons. The van der Waals surface area contributed by atoms with Crippen LogP contribution in [-0.2, 0) is 10.0 Å². The first-order chi connectivity index (χ1) is 9.45. The molecule has 1 unspecified atom stereocenters. The molecule has 3 N–H and O–H groups in total. The third kappa shape index (κ3) is 4.56. The summed E-state index contributed by atoms with van der Waals surface area (Å²) in [6, 6.07) is 2.56. The van der Waals surface area contributed by atoms with E-state index in [1.165, 1.54) is 0 Å². The molecule has 0 bridgehead atoms. The SMILES string of the molecule is O=C(O)c1ccc(S(=O)(=O)NCC(O)C(F)(F)F)cc1Cl. The molecule has 0 aliphatic carbocycles. The predicted octanol–water partition coefficient (Wildman–Crippen LogP) is 1.24.